The number of benzene rings is 5. The van der Waals surface area contributed by atoms with Gasteiger partial charge in [0.2, 0.25) is 35.4 Å². The van der Waals surface area contributed by atoms with Crippen LogP contribution in [0, 0.1) is 0 Å². The van der Waals surface area contributed by atoms with E-state index in [4.69, 9.17) is 5.73 Å². The van der Waals surface area contributed by atoms with Crippen LogP contribution >= 0.6 is 0 Å². The lowest BCUT2D eigenvalue weighted by Gasteiger charge is -2.49. The van der Waals surface area contributed by atoms with Crippen LogP contribution in [-0.2, 0) is 64.8 Å². The number of amides is 7. The van der Waals surface area contributed by atoms with Crippen molar-refractivity contribution in [1.29, 1.82) is 0 Å². The highest BCUT2D eigenvalue weighted by atomic mass is 16.3. The predicted octanol–water partition coefficient (Wildman–Crippen LogP) is 2.94. The fraction of sp³-hybridized carbons (Fsp3) is 0.316. The largest absolute Gasteiger partial charge is 0.508 e. The topological polar surface area (TPSA) is 229 Å². The molecular weight excluding hydrogens is 939 g/mol. The molecule has 1 spiro atoms. The van der Waals surface area contributed by atoms with Crippen molar-refractivity contribution in [3.05, 3.63) is 167 Å². The Morgan fingerprint density at radius 1 is 0.635 bits per heavy atom. The average Bonchev–Trinajstić information content (AvgIpc) is 4.24. The highest BCUT2D eigenvalue weighted by Gasteiger charge is 2.68. The lowest BCUT2D eigenvalue weighted by molar-refractivity contribution is -0.147. The number of piperidine rings is 1. The zero-order valence-corrected chi connectivity index (χ0v) is 40.7. The highest BCUT2D eigenvalue weighted by Crippen LogP contribution is 2.57. The summed E-state index contributed by atoms with van der Waals surface area (Å²) in [6, 6.07) is 32.1. The number of hydrogen-bond acceptors (Lipinski definition) is 9. The van der Waals surface area contributed by atoms with Gasteiger partial charge in [-0.2, -0.15) is 0 Å². The number of nitrogens with one attached hydrogen (secondary N) is 4. The van der Waals surface area contributed by atoms with Gasteiger partial charge in [0.15, 0.2) is 0 Å². The average molecular weight is 996 g/mol. The number of rotatable bonds is 6. The predicted molar refractivity (Wildman–Crippen MR) is 274 cm³/mol. The van der Waals surface area contributed by atoms with Crippen LogP contribution in [0.1, 0.15) is 54.0 Å². The van der Waals surface area contributed by atoms with Gasteiger partial charge >= 0.3 is 0 Å². The maximum absolute atomic E-state index is 15.4. The maximum atomic E-state index is 15.4. The van der Waals surface area contributed by atoms with Gasteiger partial charge in [0.05, 0.1) is 11.7 Å². The first-order chi connectivity index (χ1) is 35.8. The first-order valence-corrected chi connectivity index (χ1v) is 25.3. The summed E-state index contributed by atoms with van der Waals surface area (Å²) in [5.74, 6) is -3.80. The summed E-state index contributed by atoms with van der Waals surface area (Å²) in [5, 5.41) is 22.5. The van der Waals surface area contributed by atoms with Crippen LogP contribution in [-0.4, -0.2) is 116 Å². The Morgan fingerprint density at radius 3 is 2.01 bits per heavy atom. The summed E-state index contributed by atoms with van der Waals surface area (Å²) in [7, 11) is 0. The van der Waals surface area contributed by atoms with Crippen molar-refractivity contribution in [3.63, 3.8) is 0 Å². The molecule has 378 valence electrons. The van der Waals surface area contributed by atoms with Crippen molar-refractivity contribution < 1.29 is 38.7 Å². The molecule has 5 aliphatic rings. The van der Waals surface area contributed by atoms with Gasteiger partial charge in [-0.05, 0) is 72.7 Å². The molecule has 5 aromatic carbocycles. The van der Waals surface area contributed by atoms with Crippen LogP contribution in [0.2, 0.25) is 0 Å². The number of phenols is 1. The van der Waals surface area contributed by atoms with E-state index in [0.29, 0.717) is 23.2 Å². The molecule has 4 bridgehead atoms. The molecule has 11 rings (SSSR count). The molecule has 74 heavy (non-hydrogen) atoms. The Hall–Kier alpha value is -8.31. The summed E-state index contributed by atoms with van der Waals surface area (Å²) in [4.78, 5) is 108. The number of hydrogen-bond donors (Lipinski definition) is 6. The molecule has 0 unspecified atom stereocenters. The fourth-order valence-electron chi connectivity index (χ4n) is 12.1. The summed E-state index contributed by atoms with van der Waals surface area (Å²) in [5.41, 5.74) is 10.7. The molecule has 0 saturated carbocycles. The monoisotopic (exact) mass is 995 g/mol. The number of carbonyl (C=O) groups is 7. The Bertz CT molecular complexity index is 3200. The SMILES string of the molecule is C[C@H]1NC(=O)[C@@H](Cc2ccc(O)cc2)NC(=O)[C@H]2CCCN2C(=O)[C@@H](Cc2ccccc2)NC(=O)[C@@H](N)Cc2cn(c3ccccc23)[C@]23C[C@H](NC1=O)C(=O)N1[C@H](Cc4ccccc4)C(=O)N(c4ccccc42)[C@@H]13. The van der Waals surface area contributed by atoms with Crippen molar-refractivity contribution >= 4 is 57.9 Å². The molecule has 3 saturated heterocycles. The molecule has 0 aliphatic carbocycles. The number of aromatic nitrogens is 1. The van der Waals surface area contributed by atoms with Gasteiger partial charge < -0.3 is 46.5 Å². The second kappa shape index (κ2) is 19.3. The van der Waals surface area contributed by atoms with Gasteiger partial charge in [0.1, 0.15) is 53.7 Å². The van der Waals surface area contributed by atoms with Gasteiger partial charge in [-0.3, -0.25) is 38.5 Å². The van der Waals surface area contributed by atoms with Crippen molar-refractivity contribution in [2.24, 2.45) is 5.73 Å². The number of aromatic hydroxyl groups is 1. The van der Waals surface area contributed by atoms with Gasteiger partial charge in [-0.15, -0.1) is 0 Å². The van der Waals surface area contributed by atoms with E-state index in [2.05, 4.69) is 25.8 Å². The van der Waals surface area contributed by atoms with E-state index in [9.17, 15) is 29.1 Å². The number of para-hydroxylation sites is 2. The number of nitrogens with two attached hydrogens (primary N) is 1. The lowest BCUT2D eigenvalue weighted by Crippen LogP contribution is -2.68. The van der Waals surface area contributed by atoms with Crippen LogP contribution in [0.5, 0.6) is 5.75 Å². The van der Waals surface area contributed by atoms with E-state index in [1.54, 1.807) is 21.9 Å². The Kier molecular flexibility index (Phi) is 12.5. The second-order valence-corrected chi connectivity index (χ2v) is 20.2. The maximum Gasteiger partial charge on any atom is 0.252 e. The van der Waals surface area contributed by atoms with Crippen molar-refractivity contribution in [2.75, 3.05) is 11.4 Å². The molecule has 6 aromatic rings. The Labute approximate surface area is 427 Å². The second-order valence-electron chi connectivity index (χ2n) is 20.2. The standard InChI is InChI=1S/C57H57N9O8/c1-33-49(68)62-44-31-57(40-18-9-11-20-46(40)65-55(74)48(66(54(44)73)56(57)65)29-35-15-6-3-7-16-35)64-32-37(39-17-8-10-19-45(39)64)30-41(58)50(69)61-43(28-34-13-4-2-5-14-34)53(72)63-26-12-21-47(63)52(71)60-42(51(70)59-33)27-36-22-24-38(67)25-23-36/h2-11,13-20,22-25,32-33,41-44,47-48,56,67H,12,21,26-31,58H2,1H3,(H,59,70)(H,60,71)(H,61,69)(H,62,68)/t33-,41+,42-,43-,44+,47-,48-,56+,57-/m1/s1. The van der Waals surface area contributed by atoms with Gasteiger partial charge in [0.25, 0.3) is 5.91 Å². The molecule has 3 fully saturated rings. The number of carbonyl (C=O) groups excluding carboxylic acids is 7. The fourth-order valence-corrected chi connectivity index (χ4v) is 12.1. The molecular formula is C57H57N9O8. The van der Waals surface area contributed by atoms with E-state index in [0.717, 1.165) is 27.6 Å². The highest BCUT2D eigenvalue weighted by molar-refractivity contribution is 6.08. The molecule has 17 heteroatoms. The third-order valence-corrected chi connectivity index (χ3v) is 15.6. The third-order valence-electron chi connectivity index (χ3n) is 15.6. The van der Waals surface area contributed by atoms with Gasteiger partial charge in [-0.1, -0.05) is 109 Å². The lowest BCUT2D eigenvalue weighted by atomic mass is 9.78. The van der Waals surface area contributed by atoms with Gasteiger partial charge in [0, 0.05) is 54.9 Å². The quantitative estimate of drug-likeness (QED) is 0.144. The molecule has 5 aliphatic heterocycles. The summed E-state index contributed by atoms with van der Waals surface area (Å²) in [6.07, 6.45) is 2.10. The number of anilines is 1. The summed E-state index contributed by atoms with van der Waals surface area (Å²) in [6.45, 7) is 1.71. The molecule has 0 radical (unpaired) electrons. The zero-order valence-electron chi connectivity index (χ0n) is 40.7. The zero-order chi connectivity index (χ0) is 51.4. The summed E-state index contributed by atoms with van der Waals surface area (Å²) >= 11 is 0. The molecule has 6 heterocycles. The van der Waals surface area contributed by atoms with E-state index in [-0.39, 0.29) is 56.7 Å². The van der Waals surface area contributed by atoms with Crippen LogP contribution in [0.15, 0.2) is 140 Å². The van der Waals surface area contributed by atoms with E-state index in [1.165, 1.54) is 24.0 Å². The van der Waals surface area contributed by atoms with Crippen LogP contribution in [0.4, 0.5) is 5.69 Å². The van der Waals surface area contributed by atoms with E-state index in [1.807, 2.05) is 115 Å². The normalized spacial score (nSPS) is 27.3. The molecule has 1 aromatic heterocycles. The van der Waals surface area contributed by atoms with Crippen LogP contribution < -0.4 is 31.9 Å². The van der Waals surface area contributed by atoms with Crippen LogP contribution in [0.3, 0.4) is 0 Å². The number of nitrogens with zero attached hydrogens (tertiary/aromatic N) is 4. The first-order valence-electron chi connectivity index (χ1n) is 25.3. The minimum atomic E-state index is -1.26. The minimum Gasteiger partial charge on any atom is -0.508 e. The van der Waals surface area contributed by atoms with Crippen LogP contribution in [0.25, 0.3) is 10.9 Å². The Balaban J connectivity index is 1.04. The molecule has 7 amide bonds. The smallest absolute Gasteiger partial charge is 0.252 e. The summed E-state index contributed by atoms with van der Waals surface area (Å²) < 4.78 is 2.08. The van der Waals surface area contributed by atoms with Crippen molar-refractivity contribution in [2.45, 2.75) is 106 Å². The molecule has 9 atom stereocenters. The molecule has 17 nitrogen and oxygen atoms in total. The van der Waals surface area contributed by atoms with Crippen molar-refractivity contribution in [1.82, 2.24) is 35.6 Å². The minimum absolute atomic E-state index is 0.00234. The Morgan fingerprint density at radius 2 is 1.27 bits per heavy atom. The third kappa shape index (κ3) is 8.39. The van der Waals surface area contributed by atoms with E-state index >= 15 is 9.59 Å². The molecule has 7 N–H and O–H groups in total. The first kappa shape index (κ1) is 48.0. The van der Waals surface area contributed by atoms with Gasteiger partial charge in [-0.25, -0.2) is 0 Å². The van der Waals surface area contributed by atoms with E-state index < -0.39 is 89.4 Å². The number of phenolic OH excluding ortho intramolecular Hbond substituents is 1. The number of fused-ring (bicyclic) bond motifs is 9. The van der Waals surface area contributed by atoms with Crippen molar-refractivity contribution in [3.8, 4) is 5.75 Å².